The third-order valence-electron chi connectivity index (χ3n) is 11.7. The van der Waals surface area contributed by atoms with Gasteiger partial charge in [-0.05, 0) is 69.9 Å². The Morgan fingerprint density at radius 3 is 2.00 bits per heavy atom. The Balaban J connectivity index is 2.91. The van der Waals surface area contributed by atoms with Crippen molar-refractivity contribution in [3.8, 4) is 0 Å². The fraction of sp³-hybridized carbons (Fsp3) is 0.878. The molecule has 0 aromatic heterocycles. The highest BCUT2D eigenvalue weighted by atomic mass is 16.5. The van der Waals surface area contributed by atoms with Crippen molar-refractivity contribution in [1.82, 2.24) is 25.8 Å². The summed E-state index contributed by atoms with van der Waals surface area (Å²) in [5.41, 5.74) is -0.652. The van der Waals surface area contributed by atoms with Crippen LogP contribution in [0.1, 0.15) is 127 Å². The number of hydrogen-bond acceptors (Lipinski definition) is 8. The molecule has 1 aliphatic carbocycles. The summed E-state index contributed by atoms with van der Waals surface area (Å²) < 4.78 is 11.7. The maximum absolute atomic E-state index is 14.2. The number of rotatable bonds is 28. The van der Waals surface area contributed by atoms with Crippen LogP contribution in [0.2, 0.25) is 0 Å². The molecular weight excluding hydrogens is 690 g/mol. The van der Waals surface area contributed by atoms with E-state index in [0.717, 1.165) is 32.2 Å². The van der Waals surface area contributed by atoms with Gasteiger partial charge in [-0.3, -0.25) is 28.9 Å². The Hall–Kier alpha value is -2.77. The molecule has 0 spiro atoms. The summed E-state index contributed by atoms with van der Waals surface area (Å²) in [5, 5.41) is 17.8. The summed E-state index contributed by atoms with van der Waals surface area (Å²) in [7, 11) is 6.86. The minimum absolute atomic E-state index is 0.0113. The van der Waals surface area contributed by atoms with Crippen molar-refractivity contribution >= 4 is 29.6 Å². The third kappa shape index (κ3) is 14.4. The summed E-state index contributed by atoms with van der Waals surface area (Å²) >= 11 is 0. The Morgan fingerprint density at radius 1 is 0.852 bits per heavy atom. The Labute approximate surface area is 326 Å². The second-order valence-corrected chi connectivity index (χ2v) is 16.5. The van der Waals surface area contributed by atoms with Gasteiger partial charge in [0.1, 0.15) is 12.1 Å². The van der Waals surface area contributed by atoms with Crippen molar-refractivity contribution in [2.24, 2.45) is 29.6 Å². The fourth-order valence-corrected chi connectivity index (χ4v) is 7.90. The summed E-state index contributed by atoms with van der Waals surface area (Å²) in [5.74, 6) is -2.49. The first kappa shape index (κ1) is 49.2. The zero-order valence-electron chi connectivity index (χ0n) is 36.0. The molecule has 0 aromatic rings. The Bertz CT molecular complexity index is 1180. The Morgan fingerprint density at radius 2 is 1.48 bits per heavy atom. The monoisotopic (exact) mass is 768 g/mol. The predicted octanol–water partition coefficient (Wildman–Crippen LogP) is 4.86. The van der Waals surface area contributed by atoms with E-state index in [1.54, 1.807) is 33.1 Å². The average molecular weight is 768 g/mol. The number of aliphatic carboxylic acids is 1. The molecule has 4 amide bonds. The number of carbonyl (C=O) groups excluding carboxylic acids is 4. The van der Waals surface area contributed by atoms with E-state index in [1.165, 1.54) is 26.2 Å². The van der Waals surface area contributed by atoms with E-state index in [0.29, 0.717) is 19.4 Å². The first-order chi connectivity index (χ1) is 25.3. The molecule has 0 heterocycles. The SMILES string of the molecule is CCCCCCCN(C)[C@H](C(=O)N[C@H](C(=O)N(C)[C@@H]([C@@H](C)CC)[C@@H](CC(=O)NCCC[C@@H]1C[C@@]1(OC)[C@@H](C)C(=O)N[C@@H](C)C(=O)O)OC)C(C)C)C(C)C. The van der Waals surface area contributed by atoms with E-state index in [2.05, 4.69) is 27.8 Å². The standard InChI is InChI=1S/C41H77N5O8/c1-14-16-17-18-19-23-45(10)35(27(5)6)38(49)44-34(26(3)4)39(50)46(11)36(28(7)15-2)32(53-12)24-33(47)42-22-20-21-31-25-41(31,54-13)29(8)37(48)43-30(9)40(51)52/h26-32,34-36H,14-25H2,1-13H3,(H,42,47)(H,43,48)(H,44,49)(H,51,52)/t28-,29-,30-,31+,32+,34-,35-,36-,41+/m0/s1. The van der Waals surface area contributed by atoms with Gasteiger partial charge >= 0.3 is 5.97 Å². The van der Waals surface area contributed by atoms with Crippen LogP contribution in [0.3, 0.4) is 0 Å². The fourth-order valence-electron chi connectivity index (χ4n) is 7.90. The van der Waals surface area contributed by atoms with Crippen LogP contribution in [0, 0.1) is 29.6 Å². The zero-order valence-corrected chi connectivity index (χ0v) is 36.0. The van der Waals surface area contributed by atoms with E-state index in [-0.39, 0.29) is 59.8 Å². The molecule has 1 fully saturated rings. The summed E-state index contributed by atoms with van der Waals surface area (Å²) in [4.78, 5) is 69.0. The predicted molar refractivity (Wildman–Crippen MR) is 213 cm³/mol. The lowest BCUT2D eigenvalue weighted by Crippen LogP contribution is -2.59. The smallest absolute Gasteiger partial charge is 0.325 e. The lowest BCUT2D eigenvalue weighted by molar-refractivity contribution is -0.144. The van der Waals surface area contributed by atoms with Crippen molar-refractivity contribution in [1.29, 1.82) is 0 Å². The highest BCUT2D eigenvalue weighted by Crippen LogP contribution is 2.54. The van der Waals surface area contributed by atoms with Crippen LogP contribution < -0.4 is 16.0 Å². The summed E-state index contributed by atoms with van der Waals surface area (Å²) in [6, 6.07) is -2.50. The van der Waals surface area contributed by atoms with Crippen LogP contribution in [0.4, 0.5) is 0 Å². The minimum Gasteiger partial charge on any atom is -0.480 e. The molecule has 1 aliphatic rings. The average Bonchev–Trinajstić information content (AvgIpc) is 3.84. The van der Waals surface area contributed by atoms with Gasteiger partial charge in [-0.1, -0.05) is 87.5 Å². The molecule has 0 aromatic carbocycles. The number of methoxy groups -OCH3 is 2. The van der Waals surface area contributed by atoms with Gasteiger partial charge in [0.2, 0.25) is 23.6 Å². The molecule has 0 aliphatic heterocycles. The molecule has 1 rings (SSSR count). The van der Waals surface area contributed by atoms with Gasteiger partial charge in [0.25, 0.3) is 0 Å². The van der Waals surface area contributed by atoms with Gasteiger partial charge in [0.05, 0.1) is 36.1 Å². The molecule has 0 radical (unpaired) electrons. The van der Waals surface area contributed by atoms with Crippen LogP contribution in [-0.4, -0.2) is 122 Å². The van der Waals surface area contributed by atoms with Crippen LogP contribution in [0.15, 0.2) is 0 Å². The number of hydrogen-bond donors (Lipinski definition) is 4. The van der Waals surface area contributed by atoms with Crippen molar-refractivity contribution in [2.45, 2.75) is 162 Å². The number of nitrogens with one attached hydrogen (secondary N) is 3. The number of carboxylic acid groups (broad SMARTS) is 1. The lowest BCUT2D eigenvalue weighted by atomic mass is 9.89. The first-order valence-corrected chi connectivity index (χ1v) is 20.5. The normalized spacial score (nSPS) is 20.8. The Kier molecular flexibility index (Phi) is 21.9. The minimum atomic E-state index is -1.10. The number of ether oxygens (including phenoxy) is 2. The highest BCUT2D eigenvalue weighted by molar-refractivity contribution is 5.90. The molecule has 13 heteroatoms. The van der Waals surface area contributed by atoms with Gasteiger partial charge in [-0.15, -0.1) is 0 Å². The van der Waals surface area contributed by atoms with E-state index >= 15 is 0 Å². The number of unbranched alkanes of at least 4 members (excludes halogenated alkanes) is 4. The van der Waals surface area contributed by atoms with Crippen LogP contribution in [-0.2, 0) is 33.4 Å². The molecule has 9 atom stereocenters. The van der Waals surface area contributed by atoms with E-state index in [4.69, 9.17) is 14.6 Å². The lowest BCUT2D eigenvalue weighted by Gasteiger charge is -2.40. The highest BCUT2D eigenvalue weighted by Gasteiger charge is 2.59. The molecule has 0 unspecified atom stereocenters. The number of nitrogens with zero attached hydrogens (tertiary/aromatic N) is 2. The number of likely N-dealkylation sites (N-methyl/N-ethyl adjacent to an activating group) is 2. The molecular formula is C41H77N5O8. The second kappa shape index (κ2) is 24.0. The van der Waals surface area contributed by atoms with Crippen molar-refractivity contribution in [2.75, 3.05) is 41.4 Å². The van der Waals surface area contributed by atoms with Gasteiger partial charge in [0, 0.05) is 27.8 Å². The topological polar surface area (TPSA) is 167 Å². The summed E-state index contributed by atoms with van der Waals surface area (Å²) in [6.07, 6.45) is 8.08. The molecule has 0 bridgehead atoms. The van der Waals surface area contributed by atoms with E-state index < -0.39 is 41.7 Å². The van der Waals surface area contributed by atoms with E-state index in [1.807, 2.05) is 48.6 Å². The first-order valence-electron chi connectivity index (χ1n) is 20.5. The number of amides is 4. The zero-order chi connectivity index (χ0) is 41.3. The van der Waals surface area contributed by atoms with Gasteiger partial charge in [-0.25, -0.2) is 0 Å². The largest absolute Gasteiger partial charge is 0.480 e. The van der Waals surface area contributed by atoms with Crippen molar-refractivity contribution in [3.63, 3.8) is 0 Å². The van der Waals surface area contributed by atoms with Crippen LogP contribution in [0.5, 0.6) is 0 Å². The van der Waals surface area contributed by atoms with E-state index in [9.17, 15) is 24.0 Å². The van der Waals surface area contributed by atoms with Crippen LogP contribution >= 0.6 is 0 Å². The second-order valence-electron chi connectivity index (χ2n) is 16.5. The molecule has 54 heavy (non-hydrogen) atoms. The number of carbonyl (C=O) groups is 5. The molecule has 13 nitrogen and oxygen atoms in total. The maximum atomic E-state index is 14.2. The van der Waals surface area contributed by atoms with Crippen molar-refractivity contribution < 1.29 is 38.6 Å². The number of carboxylic acids is 1. The molecule has 0 saturated heterocycles. The third-order valence-corrected chi connectivity index (χ3v) is 11.7. The quantitative estimate of drug-likeness (QED) is 0.0814. The van der Waals surface area contributed by atoms with Gasteiger partial charge in [-0.2, -0.15) is 0 Å². The molecule has 1 saturated carbocycles. The van der Waals surface area contributed by atoms with Gasteiger partial charge < -0.3 is 35.4 Å². The molecule has 4 N–H and O–H groups in total. The summed E-state index contributed by atoms with van der Waals surface area (Å²) in [6.45, 7) is 18.7. The molecule has 314 valence electrons. The van der Waals surface area contributed by atoms with Gasteiger partial charge in [0.15, 0.2) is 0 Å². The maximum Gasteiger partial charge on any atom is 0.325 e. The van der Waals surface area contributed by atoms with Crippen LogP contribution in [0.25, 0.3) is 0 Å². The van der Waals surface area contributed by atoms with Crippen molar-refractivity contribution in [3.05, 3.63) is 0 Å².